The minimum atomic E-state index is -2.39. The summed E-state index contributed by atoms with van der Waals surface area (Å²) in [5, 5.41) is 4.46. The van der Waals surface area contributed by atoms with E-state index in [1.165, 1.54) is 55.7 Å². The van der Waals surface area contributed by atoms with Crippen molar-refractivity contribution in [1.82, 2.24) is 19.9 Å². The predicted octanol–water partition coefficient (Wildman–Crippen LogP) is 25.6. The van der Waals surface area contributed by atoms with Crippen molar-refractivity contribution in [2.75, 3.05) is 0 Å². The zero-order valence-electron chi connectivity index (χ0n) is 78.2. The van der Waals surface area contributed by atoms with Crippen molar-refractivity contribution >= 4 is 73.9 Å². The van der Waals surface area contributed by atoms with Crippen molar-refractivity contribution in [3.05, 3.63) is 106 Å². The summed E-state index contributed by atoms with van der Waals surface area (Å²) in [5.41, 5.74) is 53.4. The maximum Gasteiger partial charge on any atom is 0.146 e. The van der Waals surface area contributed by atoms with E-state index in [2.05, 4.69) is 354 Å². The largest absolute Gasteiger partial charge is 0.353 e. The molecule has 0 spiro atoms. The maximum atomic E-state index is 6.42. The van der Waals surface area contributed by atoms with Gasteiger partial charge in [-0.25, -0.2) is 4.99 Å². The Morgan fingerprint density at radius 3 is 0.591 bits per heavy atom. The lowest BCUT2D eigenvalue weighted by Crippen LogP contribution is -2.43. The molecule has 0 aliphatic carbocycles. The van der Waals surface area contributed by atoms with Gasteiger partial charge < -0.3 is 19.9 Å². The second-order valence-electron chi connectivity index (χ2n) is 37.7. The molecule has 10 bridgehead atoms. The molecule has 0 unspecified atom stereocenters. The molecule has 6 heterocycles. The van der Waals surface area contributed by atoms with Gasteiger partial charge in [-0.15, -0.1) is 27.7 Å². The molecule has 0 atom stereocenters. The highest BCUT2D eigenvalue weighted by molar-refractivity contribution is 6.93. The number of nitrogens with one attached hydrogen (secondary N) is 4. The molecule has 2 aliphatic heterocycles. The van der Waals surface area contributed by atoms with Crippen LogP contribution in [0.2, 0.25) is 83.1 Å². The zero-order valence-corrected chi connectivity index (χ0v) is 83.2. The van der Waals surface area contributed by atoms with Crippen molar-refractivity contribution in [2.24, 2.45) is 4.99 Å². The van der Waals surface area contributed by atoms with Gasteiger partial charge in [0.15, 0.2) is 0 Å². The summed E-state index contributed by atoms with van der Waals surface area (Å²) < 4.78 is 0. The Morgan fingerprint density at radius 1 is 0.218 bits per heavy atom. The van der Waals surface area contributed by atoms with Gasteiger partial charge in [-0.2, -0.15) is 0 Å². The van der Waals surface area contributed by atoms with E-state index in [0.717, 1.165) is 148 Å². The molecule has 4 N–H and O–H groups in total. The molecule has 10 heteroatoms. The Hall–Kier alpha value is -5.37. The maximum absolute atomic E-state index is 6.42. The number of rotatable bonds is 25. The molecule has 0 saturated carbocycles. The lowest BCUT2D eigenvalue weighted by atomic mass is 9.92. The molecule has 6 rings (SSSR count). The molecule has 2 aliphatic rings. The fourth-order valence-corrected chi connectivity index (χ4v) is 49.1. The van der Waals surface area contributed by atoms with Crippen molar-refractivity contribution in [3.8, 4) is 57.3 Å². The second-order valence-corrected chi connectivity index (χ2v) is 65.6. The Morgan fingerprint density at radius 2 is 0.400 bits per heavy atom. The van der Waals surface area contributed by atoms with Crippen LogP contribution in [0.5, 0.6) is 0 Å². The summed E-state index contributed by atoms with van der Waals surface area (Å²) >= 11 is 0. The van der Waals surface area contributed by atoms with Crippen molar-refractivity contribution in [2.45, 2.75) is 424 Å². The third-order valence-corrected chi connectivity index (χ3v) is 59.8. The number of H-pyrrole nitrogens is 4. The normalized spacial score (nSPS) is 17.0. The zero-order chi connectivity index (χ0) is 83.3. The van der Waals surface area contributed by atoms with Crippen molar-refractivity contribution in [1.29, 1.82) is 0 Å². The number of aromatic amines is 4. The van der Waals surface area contributed by atoms with E-state index in [4.69, 9.17) is 4.99 Å². The van der Waals surface area contributed by atoms with Gasteiger partial charge in [0.2, 0.25) is 0 Å². The number of aromatic nitrogens is 4. The third kappa shape index (κ3) is 16.4. The summed E-state index contributed by atoms with van der Waals surface area (Å²) in [6, 6.07) is 0. The van der Waals surface area contributed by atoms with Crippen LogP contribution in [0.15, 0.2) is 21.8 Å². The highest BCUT2D eigenvalue weighted by atomic mass is 28.3. The van der Waals surface area contributed by atoms with Gasteiger partial charge in [0, 0.05) is 0 Å². The van der Waals surface area contributed by atoms with Crippen LogP contribution < -0.4 is 21.4 Å². The van der Waals surface area contributed by atoms with E-state index >= 15 is 0 Å². The summed E-state index contributed by atoms with van der Waals surface area (Å²) in [7, 11) is -11.9. The van der Waals surface area contributed by atoms with Crippen molar-refractivity contribution < 1.29 is 0 Å². The molecular weight excluding hydrogens is 1410 g/mol. The highest BCUT2D eigenvalue weighted by Crippen LogP contribution is 2.48. The molecule has 0 amide bonds. The third-order valence-electron chi connectivity index (χ3n) is 28.4. The molecule has 0 radical (unpaired) electrons. The lowest BCUT2D eigenvalue weighted by Gasteiger charge is -2.38. The fraction of sp³-hybridized carbons (Fsp3) is 0.650. The smallest absolute Gasteiger partial charge is 0.146 e. The molecule has 0 fully saturated rings. The second kappa shape index (κ2) is 37.9. The first-order valence-electron chi connectivity index (χ1n) is 44.7. The summed E-state index contributed by atoms with van der Waals surface area (Å²) in [4.78, 5) is 24.5. The van der Waals surface area contributed by atoms with E-state index in [0.29, 0.717) is 83.1 Å². The Labute approximate surface area is 681 Å². The van der Waals surface area contributed by atoms with Crippen LogP contribution in [-0.2, 0) is 51.4 Å². The quantitative estimate of drug-likeness (QED) is 0.0377. The molecule has 5 nitrogen and oxygen atoms in total. The number of aliphatic imine (C=N–C) groups is 1. The molecule has 4 aromatic heterocycles. The summed E-state index contributed by atoms with van der Waals surface area (Å²) in [6.45, 7) is 97.9. The average molecular weight is 1570 g/mol. The summed E-state index contributed by atoms with van der Waals surface area (Å²) in [6.07, 6.45) is 8.10. The van der Waals surface area contributed by atoms with E-state index in [9.17, 15) is 0 Å². The van der Waals surface area contributed by atoms with Crippen LogP contribution in [-0.4, -0.2) is 66.0 Å². The molecule has 0 saturated heterocycles. The minimum absolute atomic E-state index is 0.421. The van der Waals surface area contributed by atoms with Gasteiger partial charge in [-0.3, -0.25) is 0 Å². The van der Waals surface area contributed by atoms with Gasteiger partial charge in [0.25, 0.3) is 0 Å². The average Bonchev–Trinajstić information content (AvgIpc) is 1.62. The van der Waals surface area contributed by atoms with Crippen LogP contribution in [0.4, 0.5) is 0 Å². The topological polar surface area (TPSA) is 75.5 Å². The van der Waals surface area contributed by atoms with Gasteiger partial charge in [0.05, 0.1) is 83.4 Å². The fourth-order valence-electron chi connectivity index (χ4n) is 23.1. The molecule has 0 aromatic carbocycles. The lowest BCUT2D eigenvalue weighted by molar-refractivity contribution is 0.838. The first-order chi connectivity index (χ1) is 51.5. The minimum Gasteiger partial charge on any atom is -0.353 e. The van der Waals surface area contributed by atoms with Crippen LogP contribution in [0, 0.1) is 57.3 Å². The summed E-state index contributed by atoms with van der Waals surface area (Å²) in [5.74, 6) is 21.8. The highest BCUT2D eigenvalue weighted by Gasteiger charge is 2.47. The van der Waals surface area contributed by atoms with Gasteiger partial charge in [0.1, 0.15) is 40.4 Å². The van der Waals surface area contributed by atoms with E-state index < -0.39 is 40.4 Å². The van der Waals surface area contributed by atoms with E-state index in [1.807, 2.05) is 0 Å². The first kappa shape index (κ1) is 93.5. The predicted molar refractivity (Wildman–Crippen MR) is 504 cm³/mol. The number of hydrogen-bond acceptors (Lipinski definition) is 1. The van der Waals surface area contributed by atoms with Crippen molar-refractivity contribution in [3.63, 3.8) is 0 Å². The Bertz CT molecular complexity index is 4570. The Kier molecular flexibility index (Phi) is 32.2. The number of allylic oxidation sites excluding steroid dienone is 3. The molecule has 604 valence electrons. The molecular formula is C100H159N5Si5. The van der Waals surface area contributed by atoms with Crippen LogP contribution in [0.3, 0.4) is 0 Å². The monoisotopic (exact) mass is 1570 g/mol. The van der Waals surface area contributed by atoms with Gasteiger partial charge >= 0.3 is 0 Å². The SMILES string of the molecule is CCC1=C(CC)/C2=C(\C#C[Si](C(C)C)(C(C)C)C(C)C)c3[nH]c(c(CC)c3CC)/C(C#C[Si](C(C)C)(C(C)C)C(C)C)=c3\[nH]/c(c(CC)c3CC)=C(/C#C[Si](C(C)C)(C(C)C)C(C)C)c3[nH]c(c(CC)c3CC)/C(C#C[Si](C(C)C)(C(C)C)C(C)C)=c3\[nH]/c(c(CC)c3CC)=C(/C#C[Si](C(C)C)(C(C)C)C(C)C)C1=N2. The molecule has 110 heavy (non-hydrogen) atoms. The Balaban J connectivity index is 2.42. The molecule has 4 aromatic rings. The van der Waals surface area contributed by atoms with E-state index in [1.54, 1.807) is 0 Å². The van der Waals surface area contributed by atoms with Crippen LogP contribution in [0.25, 0.3) is 27.9 Å². The number of hydrogen-bond donors (Lipinski definition) is 4. The number of fused-ring (bicyclic) bond motifs is 9. The first-order valence-corrected chi connectivity index (χ1v) is 55.9. The van der Waals surface area contributed by atoms with Gasteiger partial charge in [-0.1, -0.05) is 307 Å². The van der Waals surface area contributed by atoms with Gasteiger partial charge in [-0.05, 0) is 203 Å². The standard InChI is InChI=1S/C100H159N5Si5/c1-41-76-77(42-2)92-87(52-57-107(64(17)18,65(19)20)66(21)22)94-80(45-5)81(46-6)96(103-94)89(54-59-109(70(29)30,71(31)32)72(33)34)98-84(49-9)85(50-10)100(105-98)90(55-60-110(73(35)36,74(37)38)75(39)40)99-83(48-8)82(47-7)97(104-99)88(53-58-108(67(23)24,68(25)26)69(27)28)95-79(44-4)78(43-3)93(102-95)86(91(76)101-92)51-56-106(61(11)12,62(13)14)63(15)16/h61-75,101-104H,41-50H2,1-40H3/b91-86-,92-87-,93-86?,94-87?,95-88?,96-89?,97-88-,98-89-,99-90-,100-90?. The van der Waals surface area contributed by atoms with Crippen LogP contribution >= 0.6 is 0 Å². The van der Waals surface area contributed by atoms with E-state index in [-0.39, 0.29) is 0 Å². The number of nitrogens with zero attached hydrogens (tertiary/aromatic N) is 1. The van der Waals surface area contributed by atoms with Crippen LogP contribution in [0.1, 0.15) is 357 Å².